The first kappa shape index (κ1) is 31.8. The molecule has 0 bridgehead atoms. The van der Waals surface area contributed by atoms with Crippen LogP contribution in [0.2, 0.25) is 5.02 Å². The minimum Gasteiger partial charge on any atom is -0.462 e. The monoisotopic (exact) mass is 655 g/mol. The number of furan rings is 1. The van der Waals surface area contributed by atoms with Gasteiger partial charge in [-0.15, -0.1) is 21.5 Å². The molecule has 4 aromatic rings. The van der Waals surface area contributed by atoms with Crippen LogP contribution in [0.5, 0.6) is 0 Å². The maximum absolute atomic E-state index is 13.3. The molecule has 1 aliphatic carbocycles. The number of hydrogen-bond acceptors (Lipinski definition) is 9. The molecule has 1 aromatic carbocycles. The van der Waals surface area contributed by atoms with Gasteiger partial charge in [-0.2, -0.15) is 0 Å². The van der Waals surface area contributed by atoms with Crippen molar-refractivity contribution < 1.29 is 23.5 Å². The summed E-state index contributed by atoms with van der Waals surface area (Å²) in [6.07, 6.45) is 4.04. The molecule has 0 radical (unpaired) electrons. The fourth-order valence-electron chi connectivity index (χ4n) is 5.16. The summed E-state index contributed by atoms with van der Waals surface area (Å²) < 4.78 is 12.3. The maximum Gasteiger partial charge on any atom is 0.341 e. The number of esters is 1. The molecule has 232 valence electrons. The summed E-state index contributed by atoms with van der Waals surface area (Å²) in [6, 6.07) is 10.3. The average molecular weight is 656 g/mol. The lowest BCUT2D eigenvalue weighted by Gasteiger charge is -2.33. The Labute approximate surface area is 268 Å². The van der Waals surface area contributed by atoms with Crippen molar-refractivity contribution in [3.05, 3.63) is 75.3 Å². The van der Waals surface area contributed by atoms with Crippen molar-refractivity contribution in [3.8, 4) is 5.69 Å². The Kier molecular flexibility index (Phi) is 9.81. The Hall–Kier alpha value is -3.61. The molecule has 0 fully saturated rings. The Balaban J connectivity index is 1.34. The third-order valence-electron chi connectivity index (χ3n) is 7.47. The van der Waals surface area contributed by atoms with Gasteiger partial charge in [0.05, 0.1) is 36.4 Å². The van der Waals surface area contributed by atoms with Crippen molar-refractivity contribution in [1.29, 1.82) is 0 Å². The summed E-state index contributed by atoms with van der Waals surface area (Å²) in [6.45, 7) is 8.80. The molecule has 0 spiro atoms. The number of carbonyl (C=O) groups is 3. The minimum atomic E-state index is -0.413. The number of aromatic nitrogens is 3. The number of thiophene rings is 1. The van der Waals surface area contributed by atoms with Crippen molar-refractivity contribution >= 4 is 57.5 Å². The third kappa shape index (κ3) is 7.19. The highest BCUT2D eigenvalue weighted by Crippen LogP contribution is 2.44. The average Bonchev–Trinajstić information content (AvgIpc) is 3.73. The Morgan fingerprint density at radius 1 is 1.20 bits per heavy atom. The van der Waals surface area contributed by atoms with Gasteiger partial charge in [-0.05, 0) is 73.4 Å². The van der Waals surface area contributed by atoms with Gasteiger partial charge in [-0.3, -0.25) is 14.2 Å². The van der Waals surface area contributed by atoms with Crippen LogP contribution in [0.4, 0.5) is 5.00 Å². The zero-order valence-electron chi connectivity index (χ0n) is 24.9. The van der Waals surface area contributed by atoms with E-state index in [-0.39, 0.29) is 36.0 Å². The van der Waals surface area contributed by atoms with E-state index < -0.39 is 11.9 Å². The number of thioether (sulfide) groups is 1. The maximum atomic E-state index is 13.3. The van der Waals surface area contributed by atoms with Crippen molar-refractivity contribution in [1.82, 2.24) is 20.1 Å². The number of nitrogens with one attached hydrogen (secondary N) is 2. The Bertz CT molecular complexity index is 1660. The van der Waals surface area contributed by atoms with E-state index in [9.17, 15) is 14.4 Å². The summed E-state index contributed by atoms with van der Waals surface area (Å²) in [5, 5.41) is 15.8. The molecule has 2 amide bonds. The van der Waals surface area contributed by atoms with E-state index in [2.05, 4.69) is 41.6 Å². The van der Waals surface area contributed by atoms with Gasteiger partial charge in [-0.25, -0.2) is 4.79 Å². The second-order valence-corrected chi connectivity index (χ2v) is 13.9. The number of benzene rings is 1. The van der Waals surface area contributed by atoms with E-state index in [0.29, 0.717) is 38.2 Å². The van der Waals surface area contributed by atoms with E-state index in [1.54, 1.807) is 41.8 Å². The topological polar surface area (TPSA) is 128 Å². The summed E-state index contributed by atoms with van der Waals surface area (Å²) in [5.41, 5.74) is 2.27. The molecule has 3 heterocycles. The van der Waals surface area contributed by atoms with Gasteiger partial charge in [-0.1, -0.05) is 50.2 Å². The van der Waals surface area contributed by atoms with E-state index in [1.807, 2.05) is 6.07 Å². The molecule has 0 saturated carbocycles. The standard InChI is InChI=1S/C31H34ClN5O5S2/c1-5-41-29(40)26-21-12-11-18(31(2,3)4)14-23(21)44-28(26)34-25(38)17-43-30-36-35-24(16-33-27(39)22-10-7-13-42-22)37(30)20-9-6-8-19(32)15-20/h6-10,13,15,18H,5,11-12,14,16-17H2,1-4H3,(H,33,39)(H,34,38). The van der Waals surface area contributed by atoms with Crippen LogP contribution < -0.4 is 10.6 Å². The van der Waals surface area contributed by atoms with Crippen LogP contribution in [0.15, 0.2) is 52.2 Å². The SMILES string of the molecule is CCOC(=O)c1c(NC(=O)CSc2nnc(CNC(=O)c3ccco3)n2-c2cccc(Cl)c2)sc2c1CCC(C(C)(C)C)C2. The van der Waals surface area contributed by atoms with E-state index >= 15 is 0 Å². The lowest BCUT2D eigenvalue weighted by molar-refractivity contribution is -0.113. The molecule has 10 nitrogen and oxygen atoms in total. The highest BCUT2D eigenvalue weighted by molar-refractivity contribution is 7.99. The van der Waals surface area contributed by atoms with Crippen molar-refractivity contribution in [2.45, 2.75) is 58.7 Å². The second-order valence-electron chi connectivity index (χ2n) is 11.4. The van der Waals surface area contributed by atoms with Gasteiger partial charge < -0.3 is 19.8 Å². The number of halogens is 1. The lowest BCUT2D eigenvalue weighted by Crippen LogP contribution is -2.26. The predicted molar refractivity (Wildman–Crippen MR) is 171 cm³/mol. The summed E-state index contributed by atoms with van der Waals surface area (Å²) in [4.78, 5) is 39.9. The molecule has 1 unspecified atom stereocenters. The summed E-state index contributed by atoms with van der Waals surface area (Å²) in [7, 11) is 0. The molecule has 3 aromatic heterocycles. The number of fused-ring (bicyclic) bond motifs is 1. The first-order valence-electron chi connectivity index (χ1n) is 14.3. The van der Waals surface area contributed by atoms with E-state index in [4.69, 9.17) is 20.8 Å². The second kappa shape index (κ2) is 13.6. The van der Waals surface area contributed by atoms with Crippen molar-refractivity contribution in [2.75, 3.05) is 17.7 Å². The number of rotatable bonds is 10. The van der Waals surface area contributed by atoms with E-state index in [1.165, 1.54) is 29.4 Å². The highest BCUT2D eigenvalue weighted by atomic mass is 35.5. The molecule has 44 heavy (non-hydrogen) atoms. The first-order chi connectivity index (χ1) is 21.0. The molecule has 1 aliphatic rings. The fourth-order valence-corrected chi connectivity index (χ4v) is 7.45. The summed E-state index contributed by atoms with van der Waals surface area (Å²) >= 11 is 8.92. The lowest BCUT2D eigenvalue weighted by atomic mass is 9.72. The van der Waals surface area contributed by atoms with Gasteiger partial charge in [0.2, 0.25) is 5.91 Å². The van der Waals surface area contributed by atoms with Crippen LogP contribution >= 0.6 is 34.7 Å². The van der Waals surface area contributed by atoms with Crippen LogP contribution in [0.3, 0.4) is 0 Å². The fraction of sp³-hybridized carbons (Fsp3) is 0.387. The molecular weight excluding hydrogens is 622 g/mol. The number of ether oxygens (including phenoxy) is 1. The number of anilines is 1. The Morgan fingerprint density at radius 3 is 2.73 bits per heavy atom. The minimum absolute atomic E-state index is 0.00685. The molecular formula is C31H34ClN5O5S2. The molecule has 5 rings (SSSR count). The van der Waals surface area contributed by atoms with Crippen LogP contribution in [0.25, 0.3) is 5.69 Å². The molecule has 1 atom stereocenters. The Morgan fingerprint density at radius 2 is 2.02 bits per heavy atom. The van der Waals surface area contributed by atoms with Gasteiger partial charge in [0, 0.05) is 9.90 Å². The predicted octanol–water partition coefficient (Wildman–Crippen LogP) is 6.56. The molecule has 0 aliphatic heterocycles. The smallest absolute Gasteiger partial charge is 0.341 e. The van der Waals surface area contributed by atoms with Crippen molar-refractivity contribution in [3.63, 3.8) is 0 Å². The quantitative estimate of drug-likeness (QED) is 0.145. The zero-order valence-corrected chi connectivity index (χ0v) is 27.3. The van der Waals surface area contributed by atoms with Crippen LogP contribution in [-0.4, -0.2) is 44.9 Å². The number of nitrogens with zero attached hydrogens (tertiary/aromatic N) is 3. The number of hydrogen-bond donors (Lipinski definition) is 2. The van der Waals surface area contributed by atoms with Crippen LogP contribution in [0, 0.1) is 11.3 Å². The van der Waals surface area contributed by atoms with Gasteiger partial charge in [0.25, 0.3) is 5.91 Å². The van der Waals surface area contributed by atoms with Crippen LogP contribution in [0.1, 0.15) is 71.3 Å². The highest BCUT2D eigenvalue weighted by Gasteiger charge is 2.34. The third-order valence-corrected chi connectivity index (χ3v) is 9.81. The number of amides is 2. The molecule has 2 N–H and O–H groups in total. The zero-order chi connectivity index (χ0) is 31.4. The van der Waals surface area contributed by atoms with Gasteiger partial charge >= 0.3 is 5.97 Å². The van der Waals surface area contributed by atoms with E-state index in [0.717, 1.165) is 29.7 Å². The van der Waals surface area contributed by atoms with Crippen LogP contribution in [-0.2, 0) is 28.9 Å². The van der Waals surface area contributed by atoms with Crippen molar-refractivity contribution in [2.24, 2.45) is 11.3 Å². The van der Waals surface area contributed by atoms with Gasteiger partial charge in [0.15, 0.2) is 16.7 Å². The largest absolute Gasteiger partial charge is 0.462 e. The molecule has 13 heteroatoms. The summed E-state index contributed by atoms with van der Waals surface area (Å²) in [5.74, 6) is 0.0135. The normalized spacial score (nSPS) is 14.6. The number of carbonyl (C=O) groups excluding carboxylic acids is 3. The van der Waals surface area contributed by atoms with Gasteiger partial charge in [0.1, 0.15) is 5.00 Å². The molecule has 0 saturated heterocycles. The first-order valence-corrected chi connectivity index (χ1v) is 16.5.